The summed E-state index contributed by atoms with van der Waals surface area (Å²) in [5.41, 5.74) is 1.75. The van der Waals surface area contributed by atoms with E-state index < -0.39 is 5.82 Å². The van der Waals surface area contributed by atoms with Gasteiger partial charge in [0.2, 0.25) is 5.91 Å². The van der Waals surface area contributed by atoms with E-state index in [1.165, 1.54) is 18.3 Å². The second kappa shape index (κ2) is 8.35. The van der Waals surface area contributed by atoms with Crippen LogP contribution in [0.4, 0.5) is 4.39 Å². The Morgan fingerprint density at radius 2 is 2.21 bits per heavy atom. The molecule has 0 N–H and O–H groups in total. The van der Waals surface area contributed by atoms with Gasteiger partial charge < -0.3 is 9.64 Å². The van der Waals surface area contributed by atoms with Crippen LogP contribution in [-0.2, 0) is 11.3 Å². The number of pyridine rings is 1. The summed E-state index contributed by atoms with van der Waals surface area (Å²) in [5.74, 6) is 0.0440. The summed E-state index contributed by atoms with van der Waals surface area (Å²) in [4.78, 5) is 18.5. The Balaban J connectivity index is 1.43. The number of halogens is 1. The maximum absolute atomic E-state index is 14.3. The van der Waals surface area contributed by atoms with Gasteiger partial charge in [-0.1, -0.05) is 6.07 Å². The van der Waals surface area contributed by atoms with Gasteiger partial charge in [-0.25, -0.2) is 4.39 Å². The zero-order valence-electron chi connectivity index (χ0n) is 15.1. The number of amides is 1. The molecule has 2 heterocycles. The number of aromatic nitrogens is 1. The highest BCUT2D eigenvalue weighted by Gasteiger charge is 2.31. The zero-order chi connectivity index (χ0) is 19.3. The molecular formula is C22H19FN2O2S. The Morgan fingerprint density at radius 3 is 2.89 bits per heavy atom. The third kappa shape index (κ3) is 4.64. The predicted octanol–water partition coefficient (Wildman–Crippen LogP) is 5.28. The molecule has 0 radical (unpaired) electrons. The molecule has 0 aliphatic heterocycles. The SMILES string of the molecule is O=C(/C=C/c1ccc(Oc2cccnc2)c(F)c1)N(Cc1ccsc1)C1CC1. The van der Waals surface area contributed by atoms with E-state index in [1.54, 1.807) is 47.9 Å². The van der Waals surface area contributed by atoms with Gasteiger partial charge in [0.05, 0.1) is 6.20 Å². The highest BCUT2D eigenvalue weighted by atomic mass is 32.1. The minimum absolute atomic E-state index is 0.0511. The van der Waals surface area contributed by atoms with Crippen LogP contribution in [-0.4, -0.2) is 21.8 Å². The quantitative estimate of drug-likeness (QED) is 0.512. The first-order chi connectivity index (χ1) is 13.7. The molecule has 1 aliphatic rings. The van der Waals surface area contributed by atoms with E-state index >= 15 is 0 Å². The fourth-order valence-corrected chi connectivity index (χ4v) is 3.51. The van der Waals surface area contributed by atoms with Gasteiger partial charge in [-0.2, -0.15) is 11.3 Å². The third-order valence-electron chi connectivity index (χ3n) is 4.44. The molecule has 28 heavy (non-hydrogen) atoms. The molecule has 1 amide bonds. The first-order valence-corrected chi connectivity index (χ1v) is 10.0. The first-order valence-electron chi connectivity index (χ1n) is 9.06. The molecule has 1 aliphatic carbocycles. The van der Waals surface area contributed by atoms with Crippen molar-refractivity contribution in [3.05, 3.63) is 82.6 Å². The lowest BCUT2D eigenvalue weighted by Gasteiger charge is -2.20. The maximum atomic E-state index is 14.3. The summed E-state index contributed by atoms with van der Waals surface area (Å²) >= 11 is 1.63. The van der Waals surface area contributed by atoms with E-state index in [4.69, 9.17) is 4.74 Å². The fourth-order valence-electron chi connectivity index (χ4n) is 2.85. The lowest BCUT2D eigenvalue weighted by molar-refractivity contribution is -0.127. The summed E-state index contributed by atoms with van der Waals surface area (Å²) in [6, 6.07) is 10.4. The molecule has 1 saturated carbocycles. The number of ether oxygens (including phenoxy) is 1. The van der Waals surface area contributed by atoms with Crippen LogP contribution in [0.3, 0.4) is 0 Å². The van der Waals surface area contributed by atoms with E-state index in [2.05, 4.69) is 10.4 Å². The normalized spacial score (nSPS) is 13.6. The zero-order valence-corrected chi connectivity index (χ0v) is 15.9. The molecule has 2 aromatic heterocycles. The minimum Gasteiger partial charge on any atom is -0.453 e. The summed E-state index contributed by atoms with van der Waals surface area (Å²) in [6.45, 7) is 0.615. The van der Waals surface area contributed by atoms with Crippen molar-refractivity contribution in [2.75, 3.05) is 0 Å². The van der Waals surface area contributed by atoms with E-state index in [1.807, 2.05) is 16.3 Å². The van der Waals surface area contributed by atoms with Crippen LogP contribution in [0.2, 0.25) is 0 Å². The van der Waals surface area contributed by atoms with E-state index in [0.717, 1.165) is 18.4 Å². The number of thiophene rings is 1. The minimum atomic E-state index is -0.490. The second-order valence-corrected chi connectivity index (χ2v) is 7.42. The van der Waals surface area contributed by atoms with Crippen LogP contribution in [0.25, 0.3) is 6.08 Å². The van der Waals surface area contributed by atoms with Crippen molar-refractivity contribution < 1.29 is 13.9 Å². The molecule has 6 heteroatoms. The number of hydrogen-bond acceptors (Lipinski definition) is 4. The monoisotopic (exact) mass is 394 g/mol. The molecule has 0 bridgehead atoms. The van der Waals surface area contributed by atoms with Crippen LogP contribution < -0.4 is 4.74 Å². The molecule has 0 saturated heterocycles. The molecule has 142 valence electrons. The van der Waals surface area contributed by atoms with E-state index in [0.29, 0.717) is 23.9 Å². The fraction of sp³-hybridized carbons (Fsp3) is 0.182. The van der Waals surface area contributed by atoms with E-state index in [9.17, 15) is 9.18 Å². The lowest BCUT2D eigenvalue weighted by Crippen LogP contribution is -2.30. The summed E-state index contributed by atoms with van der Waals surface area (Å²) in [6.07, 6.45) is 8.38. The topological polar surface area (TPSA) is 42.4 Å². The highest BCUT2D eigenvalue weighted by Crippen LogP contribution is 2.29. The molecule has 1 fully saturated rings. The number of benzene rings is 1. The van der Waals surface area contributed by atoms with Gasteiger partial charge in [0.15, 0.2) is 11.6 Å². The predicted molar refractivity (Wildman–Crippen MR) is 108 cm³/mol. The van der Waals surface area contributed by atoms with Crippen LogP contribution >= 0.6 is 11.3 Å². The van der Waals surface area contributed by atoms with Gasteiger partial charge in [0.1, 0.15) is 5.75 Å². The summed E-state index contributed by atoms with van der Waals surface area (Å²) in [5, 5.41) is 4.07. The Bertz CT molecular complexity index is 969. The van der Waals surface area contributed by atoms with Crippen molar-refractivity contribution in [1.82, 2.24) is 9.88 Å². The maximum Gasteiger partial charge on any atom is 0.247 e. The van der Waals surface area contributed by atoms with Crippen LogP contribution in [0.15, 0.2) is 65.6 Å². The average molecular weight is 394 g/mol. The van der Waals surface area contributed by atoms with Gasteiger partial charge in [-0.15, -0.1) is 0 Å². The second-order valence-electron chi connectivity index (χ2n) is 6.64. The molecule has 4 nitrogen and oxygen atoms in total. The molecule has 4 rings (SSSR count). The van der Waals surface area contributed by atoms with E-state index in [-0.39, 0.29) is 11.7 Å². The van der Waals surface area contributed by atoms with Crippen molar-refractivity contribution in [2.24, 2.45) is 0 Å². The molecule has 0 spiro atoms. The van der Waals surface area contributed by atoms with Crippen molar-refractivity contribution >= 4 is 23.3 Å². The van der Waals surface area contributed by atoms with Gasteiger partial charge in [-0.3, -0.25) is 9.78 Å². The Hall–Kier alpha value is -2.99. The van der Waals surface area contributed by atoms with Crippen molar-refractivity contribution in [3.8, 4) is 11.5 Å². The highest BCUT2D eigenvalue weighted by molar-refractivity contribution is 7.07. The third-order valence-corrected chi connectivity index (χ3v) is 5.17. The molecule has 0 atom stereocenters. The van der Waals surface area contributed by atoms with Gasteiger partial charge in [0, 0.05) is 24.9 Å². The Morgan fingerprint density at radius 1 is 1.32 bits per heavy atom. The number of carbonyl (C=O) groups excluding carboxylic acids is 1. The van der Waals surface area contributed by atoms with Gasteiger partial charge in [-0.05, 0) is 71.1 Å². The number of hydrogen-bond donors (Lipinski definition) is 0. The largest absolute Gasteiger partial charge is 0.453 e. The van der Waals surface area contributed by atoms with Gasteiger partial charge >= 0.3 is 0 Å². The van der Waals surface area contributed by atoms with Crippen molar-refractivity contribution in [2.45, 2.75) is 25.4 Å². The van der Waals surface area contributed by atoms with Crippen LogP contribution in [0.5, 0.6) is 11.5 Å². The van der Waals surface area contributed by atoms with Gasteiger partial charge in [0.25, 0.3) is 0 Å². The Kier molecular flexibility index (Phi) is 5.48. The van der Waals surface area contributed by atoms with Crippen LogP contribution in [0.1, 0.15) is 24.0 Å². The first kappa shape index (κ1) is 18.4. The average Bonchev–Trinajstić information content (AvgIpc) is 3.42. The van der Waals surface area contributed by atoms with Crippen molar-refractivity contribution in [1.29, 1.82) is 0 Å². The molecule has 3 aromatic rings. The smallest absolute Gasteiger partial charge is 0.247 e. The lowest BCUT2D eigenvalue weighted by atomic mass is 10.2. The molecule has 0 unspecified atom stereocenters. The summed E-state index contributed by atoms with van der Waals surface area (Å²) < 4.78 is 19.8. The van der Waals surface area contributed by atoms with Crippen LogP contribution in [0, 0.1) is 5.82 Å². The number of rotatable bonds is 7. The Labute approximate surface area is 166 Å². The number of carbonyl (C=O) groups is 1. The van der Waals surface area contributed by atoms with Crippen molar-refractivity contribution in [3.63, 3.8) is 0 Å². The molecule has 1 aromatic carbocycles. The molecular weight excluding hydrogens is 375 g/mol. The standard InChI is InChI=1S/C22H19FN2O2S/c23-20-12-16(3-7-21(20)27-19-2-1-10-24-13-19)4-8-22(26)25(18-5-6-18)14-17-9-11-28-15-17/h1-4,7-13,15,18H,5-6,14H2/b8-4+. The summed E-state index contributed by atoms with van der Waals surface area (Å²) in [7, 11) is 0. The number of nitrogens with zero attached hydrogens (tertiary/aromatic N) is 2.